The second-order valence-corrected chi connectivity index (χ2v) is 5.25. The van der Waals surface area contributed by atoms with Gasteiger partial charge in [-0.15, -0.1) is 0 Å². The number of rotatable bonds is 0. The maximum absolute atomic E-state index is 11.8. The first-order valence-corrected chi connectivity index (χ1v) is 5.66. The fourth-order valence-corrected chi connectivity index (χ4v) is 3.24. The maximum Gasteiger partial charge on any atom is 0.0751 e. The Labute approximate surface area is 72.0 Å². The van der Waals surface area contributed by atoms with Crippen LogP contribution < -0.4 is 0 Å². The smallest absolute Gasteiger partial charge is 0.0751 e. The van der Waals surface area contributed by atoms with E-state index in [0.29, 0.717) is 6.54 Å². The molecule has 0 saturated carbocycles. The minimum absolute atomic E-state index is 0.577. The summed E-state index contributed by atoms with van der Waals surface area (Å²) in [6, 6.07) is 1.89. The second kappa shape index (κ2) is 2.29. The summed E-state index contributed by atoms with van der Waals surface area (Å²) >= 11 is 0. The third kappa shape index (κ3) is 0.948. The van der Waals surface area contributed by atoms with Gasteiger partial charge in [-0.25, -0.2) is 8.57 Å². The van der Waals surface area contributed by atoms with Crippen molar-refractivity contribution in [2.24, 2.45) is 4.36 Å². The lowest BCUT2D eigenvalue weighted by Crippen LogP contribution is -1.99. The topological polar surface area (TPSA) is 42.3 Å². The van der Waals surface area contributed by atoms with E-state index in [2.05, 4.69) is 9.35 Å². The van der Waals surface area contributed by atoms with Crippen LogP contribution in [0.3, 0.4) is 0 Å². The van der Waals surface area contributed by atoms with Crippen molar-refractivity contribution in [3.8, 4) is 0 Å². The predicted molar refractivity (Wildman–Crippen MR) is 47.4 cm³/mol. The number of nitrogens with zero attached hydrogens (tertiary/aromatic N) is 2. The van der Waals surface area contributed by atoms with E-state index < -0.39 is 9.73 Å². The van der Waals surface area contributed by atoms with Crippen molar-refractivity contribution in [1.29, 1.82) is 0 Å². The maximum atomic E-state index is 11.8. The number of aromatic nitrogens is 1. The van der Waals surface area contributed by atoms with Crippen LogP contribution in [0, 0.1) is 6.92 Å². The van der Waals surface area contributed by atoms with Gasteiger partial charge >= 0.3 is 0 Å². The van der Waals surface area contributed by atoms with Gasteiger partial charge in [0.15, 0.2) is 0 Å². The zero-order chi connectivity index (χ0) is 8.77. The van der Waals surface area contributed by atoms with Crippen LogP contribution in [0.15, 0.2) is 21.5 Å². The van der Waals surface area contributed by atoms with E-state index in [4.69, 9.17) is 0 Å². The van der Waals surface area contributed by atoms with Crippen LogP contribution in [-0.4, -0.2) is 15.4 Å². The van der Waals surface area contributed by atoms with Crippen molar-refractivity contribution in [2.75, 3.05) is 6.26 Å². The van der Waals surface area contributed by atoms with Gasteiger partial charge in [-0.1, -0.05) is 0 Å². The molecule has 2 heterocycles. The summed E-state index contributed by atoms with van der Waals surface area (Å²) in [6.07, 6.45) is 3.41. The number of aryl methyl sites for hydroxylation is 1. The molecule has 0 unspecified atom stereocenters. The van der Waals surface area contributed by atoms with Crippen LogP contribution in [0.4, 0.5) is 0 Å². The molecule has 0 fully saturated rings. The molecule has 3 nitrogen and oxygen atoms in total. The zero-order valence-corrected chi connectivity index (χ0v) is 7.89. The van der Waals surface area contributed by atoms with Gasteiger partial charge in [0.25, 0.3) is 0 Å². The van der Waals surface area contributed by atoms with Crippen LogP contribution in [0.5, 0.6) is 0 Å². The van der Waals surface area contributed by atoms with Gasteiger partial charge in [0.1, 0.15) is 0 Å². The first-order chi connectivity index (χ1) is 5.61. The van der Waals surface area contributed by atoms with E-state index in [9.17, 15) is 4.21 Å². The highest BCUT2D eigenvalue weighted by Gasteiger charge is 2.20. The number of pyridine rings is 1. The Bertz CT molecular complexity index is 444. The van der Waals surface area contributed by atoms with Crippen LogP contribution >= 0.6 is 0 Å². The largest absolute Gasteiger partial charge is 0.260 e. The molecule has 64 valence electrons. The van der Waals surface area contributed by atoms with Gasteiger partial charge in [0, 0.05) is 12.5 Å². The predicted octanol–water partition coefficient (Wildman–Crippen LogP) is 1.36. The van der Waals surface area contributed by atoms with Crippen molar-refractivity contribution >= 4 is 9.73 Å². The molecule has 1 aromatic rings. The molecule has 0 bridgehead atoms. The normalized spacial score (nSPS) is 26.5. The molecule has 2 rings (SSSR count). The van der Waals surface area contributed by atoms with Gasteiger partial charge < -0.3 is 0 Å². The van der Waals surface area contributed by atoms with Gasteiger partial charge in [0.05, 0.1) is 26.9 Å². The van der Waals surface area contributed by atoms with Crippen LogP contribution in [0.25, 0.3) is 0 Å². The third-order valence-electron chi connectivity index (χ3n) is 2.02. The summed E-state index contributed by atoms with van der Waals surface area (Å²) in [7, 11) is -2.12. The number of hydrogen-bond acceptors (Lipinski definition) is 3. The lowest BCUT2D eigenvalue weighted by Gasteiger charge is -2.02. The Balaban J connectivity index is 2.82. The molecule has 0 radical (unpaired) electrons. The quantitative estimate of drug-likeness (QED) is 0.608. The standard InChI is InChI=1S/C8H10N2OS/c1-6-8-7(3-4-9-6)5-10-12(8,2)11/h3-4H,5H2,1-2H3/t12-/m1/s1. The molecular formula is C8H10N2OS. The van der Waals surface area contributed by atoms with Crippen molar-refractivity contribution < 1.29 is 4.21 Å². The van der Waals surface area contributed by atoms with E-state index in [-0.39, 0.29) is 0 Å². The molecule has 1 aliphatic heterocycles. The fourth-order valence-electron chi connectivity index (χ4n) is 1.50. The molecule has 0 aliphatic carbocycles. The van der Waals surface area contributed by atoms with Crippen molar-refractivity contribution in [3.05, 3.63) is 23.5 Å². The van der Waals surface area contributed by atoms with Crippen LogP contribution in [0.1, 0.15) is 11.3 Å². The van der Waals surface area contributed by atoms with Gasteiger partial charge in [-0.05, 0) is 18.6 Å². The molecule has 1 atom stereocenters. The van der Waals surface area contributed by atoms with E-state index in [1.165, 1.54) is 0 Å². The zero-order valence-electron chi connectivity index (χ0n) is 7.07. The molecule has 1 aliphatic rings. The van der Waals surface area contributed by atoms with Gasteiger partial charge in [0.2, 0.25) is 0 Å². The second-order valence-electron chi connectivity index (χ2n) is 2.97. The van der Waals surface area contributed by atoms with Crippen molar-refractivity contribution in [1.82, 2.24) is 4.98 Å². The Hall–Kier alpha value is -0.900. The Morgan fingerprint density at radius 2 is 2.33 bits per heavy atom. The van der Waals surface area contributed by atoms with Gasteiger partial charge in [-0.2, -0.15) is 0 Å². The Kier molecular flexibility index (Phi) is 1.48. The van der Waals surface area contributed by atoms with E-state index in [1.54, 1.807) is 12.5 Å². The van der Waals surface area contributed by atoms with Crippen molar-refractivity contribution in [3.63, 3.8) is 0 Å². The minimum Gasteiger partial charge on any atom is -0.260 e. The van der Waals surface area contributed by atoms with E-state index in [0.717, 1.165) is 16.2 Å². The van der Waals surface area contributed by atoms with Crippen LogP contribution in [-0.2, 0) is 16.3 Å². The van der Waals surface area contributed by atoms with Crippen LogP contribution in [0.2, 0.25) is 0 Å². The molecule has 12 heavy (non-hydrogen) atoms. The Morgan fingerprint density at radius 1 is 1.58 bits per heavy atom. The van der Waals surface area contributed by atoms with Gasteiger partial charge in [-0.3, -0.25) is 4.98 Å². The van der Waals surface area contributed by atoms with Crippen molar-refractivity contribution in [2.45, 2.75) is 18.4 Å². The average Bonchev–Trinajstić information content (AvgIpc) is 2.29. The molecule has 1 aromatic heterocycles. The number of fused-ring (bicyclic) bond motifs is 1. The summed E-state index contributed by atoms with van der Waals surface area (Å²) in [5.74, 6) is 0. The molecule has 0 spiro atoms. The molecular weight excluding hydrogens is 172 g/mol. The highest BCUT2D eigenvalue weighted by atomic mass is 32.2. The summed E-state index contributed by atoms with van der Waals surface area (Å²) in [6.45, 7) is 2.46. The number of hydrogen-bond donors (Lipinski definition) is 0. The molecule has 0 N–H and O–H groups in total. The molecule has 0 saturated heterocycles. The third-order valence-corrected chi connectivity index (χ3v) is 3.96. The first kappa shape index (κ1) is 7.73. The SMILES string of the molecule is Cc1nccc2c1[S@@](C)(=O)=NC2. The highest BCUT2D eigenvalue weighted by molar-refractivity contribution is 7.93. The van der Waals surface area contributed by atoms with E-state index in [1.807, 2.05) is 13.0 Å². The lowest BCUT2D eigenvalue weighted by atomic mass is 10.2. The summed E-state index contributed by atoms with van der Waals surface area (Å²) in [5, 5.41) is 0. The first-order valence-electron chi connectivity index (χ1n) is 3.74. The highest BCUT2D eigenvalue weighted by Crippen LogP contribution is 2.26. The summed E-state index contributed by atoms with van der Waals surface area (Å²) in [4.78, 5) is 4.96. The molecule has 4 heteroatoms. The fraction of sp³-hybridized carbons (Fsp3) is 0.375. The summed E-state index contributed by atoms with van der Waals surface area (Å²) < 4.78 is 15.9. The Morgan fingerprint density at radius 3 is 3.00 bits per heavy atom. The minimum atomic E-state index is -2.12. The molecule has 0 aromatic carbocycles. The van der Waals surface area contributed by atoms with E-state index >= 15 is 0 Å². The lowest BCUT2D eigenvalue weighted by molar-refractivity contribution is 0.680. The molecule has 0 amide bonds. The average molecular weight is 182 g/mol. The summed E-state index contributed by atoms with van der Waals surface area (Å²) in [5.41, 5.74) is 1.91. The monoisotopic (exact) mass is 182 g/mol.